The van der Waals surface area contributed by atoms with E-state index in [1.165, 1.54) is 12.0 Å². The number of H-pyrrole nitrogens is 1. The molecule has 2 aromatic rings. The second kappa shape index (κ2) is 8.86. The number of alkyl halides is 2. The minimum absolute atomic E-state index is 0.116. The van der Waals surface area contributed by atoms with Gasteiger partial charge in [0.25, 0.3) is 11.8 Å². The number of hydrogen-bond donors (Lipinski definition) is 3. The molecule has 2 aliphatic heterocycles. The number of nitrogens with one attached hydrogen (secondary N) is 3. The monoisotopic (exact) mass is 502 g/mol. The summed E-state index contributed by atoms with van der Waals surface area (Å²) in [4.78, 5) is 54.7. The highest BCUT2D eigenvalue weighted by Crippen LogP contribution is 2.66. The van der Waals surface area contributed by atoms with Crippen LogP contribution < -0.4 is 15.4 Å². The molecule has 4 atom stereocenters. The molecule has 1 spiro atoms. The number of aromatic nitrogens is 1. The number of ether oxygens (including phenoxy) is 1. The second-order valence-corrected chi connectivity index (χ2v) is 10.0. The molecule has 1 aliphatic carbocycles. The summed E-state index contributed by atoms with van der Waals surface area (Å²) in [5, 5.41) is 5.99. The zero-order chi connectivity index (χ0) is 25.7. The number of aromatic amines is 1. The number of fused-ring (bicyclic) bond motifs is 1. The van der Waals surface area contributed by atoms with E-state index < -0.39 is 47.6 Å². The molecule has 5 rings (SSSR count). The molecule has 11 heteroatoms. The summed E-state index contributed by atoms with van der Waals surface area (Å²) in [7, 11) is 1.50. The number of carbonyl (C=O) groups is 4. The first-order valence-electron chi connectivity index (χ1n) is 12.1. The third-order valence-corrected chi connectivity index (χ3v) is 7.71. The predicted molar refractivity (Wildman–Crippen MR) is 125 cm³/mol. The number of amides is 3. The van der Waals surface area contributed by atoms with Gasteiger partial charge >= 0.3 is 0 Å². The lowest BCUT2D eigenvalue weighted by molar-refractivity contribution is -0.130. The smallest absolute Gasteiger partial charge is 0.271 e. The molecule has 0 unspecified atom stereocenters. The van der Waals surface area contributed by atoms with E-state index in [9.17, 15) is 28.0 Å². The van der Waals surface area contributed by atoms with Crippen molar-refractivity contribution in [1.29, 1.82) is 0 Å². The summed E-state index contributed by atoms with van der Waals surface area (Å²) in [6, 6.07) is 4.71. The van der Waals surface area contributed by atoms with E-state index in [-0.39, 0.29) is 31.0 Å². The fourth-order valence-corrected chi connectivity index (χ4v) is 5.57. The Labute approximate surface area is 205 Å². The molecule has 0 radical (unpaired) electrons. The van der Waals surface area contributed by atoms with Gasteiger partial charge in [-0.15, -0.1) is 0 Å². The van der Waals surface area contributed by atoms with Gasteiger partial charge in [-0.1, -0.05) is 6.07 Å². The highest BCUT2D eigenvalue weighted by molar-refractivity contribution is 6.02. The first kappa shape index (κ1) is 24.2. The number of hydrogen-bond acceptors (Lipinski definition) is 5. The van der Waals surface area contributed by atoms with Crippen molar-refractivity contribution < 1.29 is 32.7 Å². The van der Waals surface area contributed by atoms with Gasteiger partial charge in [0.1, 0.15) is 23.8 Å². The maximum atomic E-state index is 14.3. The van der Waals surface area contributed by atoms with Crippen molar-refractivity contribution >= 4 is 34.9 Å². The molecule has 2 saturated heterocycles. The lowest BCUT2D eigenvalue weighted by Crippen LogP contribution is -2.50. The van der Waals surface area contributed by atoms with Crippen LogP contribution in [-0.2, 0) is 14.4 Å². The van der Waals surface area contributed by atoms with Gasteiger partial charge in [-0.05, 0) is 43.9 Å². The molecule has 0 bridgehead atoms. The van der Waals surface area contributed by atoms with Crippen LogP contribution in [0.5, 0.6) is 5.75 Å². The summed E-state index contributed by atoms with van der Waals surface area (Å²) < 4.78 is 34.0. The van der Waals surface area contributed by atoms with Crippen LogP contribution in [0.25, 0.3) is 10.9 Å². The van der Waals surface area contributed by atoms with Crippen molar-refractivity contribution in [3.8, 4) is 5.75 Å². The molecule has 1 saturated carbocycles. The van der Waals surface area contributed by atoms with Crippen LogP contribution in [0.15, 0.2) is 24.3 Å². The fourth-order valence-electron chi connectivity index (χ4n) is 5.57. The Balaban J connectivity index is 1.37. The quantitative estimate of drug-likeness (QED) is 0.501. The maximum absolute atomic E-state index is 14.3. The van der Waals surface area contributed by atoms with E-state index >= 15 is 0 Å². The van der Waals surface area contributed by atoms with Crippen molar-refractivity contribution in [3.05, 3.63) is 30.0 Å². The Morgan fingerprint density at radius 1 is 1.36 bits per heavy atom. The van der Waals surface area contributed by atoms with Gasteiger partial charge in [-0.2, -0.15) is 0 Å². The maximum Gasteiger partial charge on any atom is 0.271 e. The number of methoxy groups -OCH3 is 1. The molecule has 36 heavy (non-hydrogen) atoms. The molecule has 3 heterocycles. The molecule has 3 aliphatic rings. The van der Waals surface area contributed by atoms with E-state index in [0.717, 1.165) is 6.42 Å². The van der Waals surface area contributed by atoms with Crippen molar-refractivity contribution in [2.24, 2.45) is 11.3 Å². The third kappa shape index (κ3) is 4.10. The minimum atomic E-state index is -2.96. The summed E-state index contributed by atoms with van der Waals surface area (Å²) >= 11 is 0. The lowest BCUT2D eigenvalue weighted by atomic mass is 9.92. The molecule has 3 fully saturated rings. The zero-order valence-corrected chi connectivity index (χ0v) is 19.8. The van der Waals surface area contributed by atoms with Gasteiger partial charge in [0.15, 0.2) is 0 Å². The van der Waals surface area contributed by atoms with Crippen molar-refractivity contribution in [1.82, 2.24) is 20.5 Å². The first-order chi connectivity index (χ1) is 17.2. The van der Waals surface area contributed by atoms with Gasteiger partial charge in [0.2, 0.25) is 11.8 Å². The Hall–Kier alpha value is -3.50. The summed E-state index contributed by atoms with van der Waals surface area (Å²) in [5.74, 6) is -4.27. The Kier molecular flexibility index (Phi) is 5.96. The van der Waals surface area contributed by atoms with Crippen LogP contribution in [0, 0.1) is 11.3 Å². The largest absolute Gasteiger partial charge is 0.496 e. The van der Waals surface area contributed by atoms with Crippen LogP contribution in [-0.4, -0.2) is 72.1 Å². The third-order valence-electron chi connectivity index (χ3n) is 7.71. The van der Waals surface area contributed by atoms with Crippen LogP contribution in [0.2, 0.25) is 0 Å². The van der Waals surface area contributed by atoms with Gasteiger partial charge in [0.05, 0.1) is 18.6 Å². The number of halogens is 2. The highest BCUT2D eigenvalue weighted by atomic mass is 19.3. The molecular formula is C25H28F2N4O5. The van der Waals surface area contributed by atoms with Gasteiger partial charge in [-0.3, -0.25) is 14.4 Å². The van der Waals surface area contributed by atoms with Gasteiger partial charge < -0.3 is 30.0 Å². The first-order valence-corrected chi connectivity index (χ1v) is 12.1. The molecule has 9 nitrogen and oxygen atoms in total. The molecule has 1 aromatic carbocycles. The summed E-state index contributed by atoms with van der Waals surface area (Å²) in [5.41, 5.74) is -0.663. The molecular weight excluding hydrogens is 474 g/mol. The minimum Gasteiger partial charge on any atom is -0.496 e. The van der Waals surface area contributed by atoms with E-state index in [1.54, 1.807) is 24.3 Å². The second-order valence-electron chi connectivity index (χ2n) is 10.0. The predicted octanol–water partition coefficient (Wildman–Crippen LogP) is 2.02. The molecule has 192 valence electrons. The van der Waals surface area contributed by atoms with Gasteiger partial charge in [-0.25, -0.2) is 8.78 Å². The van der Waals surface area contributed by atoms with Crippen LogP contribution in [0.1, 0.15) is 42.6 Å². The number of nitrogens with zero attached hydrogens (tertiary/aromatic N) is 1. The van der Waals surface area contributed by atoms with Crippen molar-refractivity contribution in [3.63, 3.8) is 0 Å². The van der Waals surface area contributed by atoms with Gasteiger partial charge in [0, 0.05) is 36.3 Å². The average Bonchev–Trinajstić information content (AvgIpc) is 3.20. The molecule has 1 aromatic heterocycles. The van der Waals surface area contributed by atoms with E-state index in [1.807, 2.05) is 0 Å². The number of likely N-dealkylation sites (tertiary alicyclic amines) is 1. The Bertz CT molecular complexity index is 1230. The summed E-state index contributed by atoms with van der Waals surface area (Å²) in [6.07, 6.45) is 1.44. The SMILES string of the molecule is COc1cccc2[nH]c(C(=O)N3C[C@]4(C[C@H]3C(=O)N[C@H](C=O)C[C@@H]3CCCNC3=O)CC4(F)F)cc12. The van der Waals surface area contributed by atoms with Crippen molar-refractivity contribution in [2.45, 2.75) is 50.1 Å². The molecule has 3 N–H and O–H groups in total. The standard InChI is InChI=1S/C25H28F2N4O5/c1-36-20-6-2-5-17-16(20)9-18(30-17)23(35)31-13-24(12-25(24,26)27)10-19(31)22(34)29-15(11-32)8-14-4-3-7-28-21(14)33/h2,5-6,9,11,14-15,19,30H,3-4,7-8,10,12-13H2,1H3,(H,28,33)(H,29,34)/t14-,15-,19-,24-/m0/s1. The highest BCUT2D eigenvalue weighted by Gasteiger charge is 2.75. The molecule has 3 amide bonds. The van der Waals surface area contributed by atoms with E-state index in [0.29, 0.717) is 35.9 Å². The number of benzene rings is 1. The van der Waals surface area contributed by atoms with E-state index in [2.05, 4.69) is 15.6 Å². The lowest BCUT2D eigenvalue weighted by Gasteiger charge is -2.27. The topological polar surface area (TPSA) is 121 Å². The Morgan fingerprint density at radius 3 is 2.81 bits per heavy atom. The van der Waals surface area contributed by atoms with Crippen LogP contribution >= 0.6 is 0 Å². The number of carbonyl (C=O) groups excluding carboxylic acids is 4. The number of piperidine rings is 1. The van der Waals surface area contributed by atoms with E-state index in [4.69, 9.17) is 4.74 Å². The Morgan fingerprint density at radius 2 is 2.14 bits per heavy atom. The number of rotatable bonds is 7. The fraction of sp³-hybridized carbons (Fsp3) is 0.520. The summed E-state index contributed by atoms with van der Waals surface area (Å²) in [6.45, 7) is 0.308. The average molecular weight is 503 g/mol. The van der Waals surface area contributed by atoms with Crippen molar-refractivity contribution in [2.75, 3.05) is 20.2 Å². The normalized spacial score (nSPS) is 27.5. The van der Waals surface area contributed by atoms with Crippen LogP contribution in [0.3, 0.4) is 0 Å². The van der Waals surface area contributed by atoms with Crippen LogP contribution in [0.4, 0.5) is 8.78 Å². The zero-order valence-electron chi connectivity index (χ0n) is 19.8. The number of aldehydes is 1.